The van der Waals surface area contributed by atoms with E-state index < -0.39 is 23.9 Å². The Morgan fingerprint density at radius 2 is 2.10 bits per heavy atom. The van der Waals surface area contributed by atoms with E-state index in [1.807, 2.05) is 0 Å². The quantitative estimate of drug-likeness (QED) is 0.603. The van der Waals surface area contributed by atoms with E-state index in [0.29, 0.717) is 0 Å². The molecule has 7 nitrogen and oxygen atoms in total. The maximum absolute atomic E-state index is 12.0. The molecule has 1 unspecified atom stereocenters. The first-order valence-electron chi connectivity index (χ1n) is 5.76. The van der Waals surface area contributed by atoms with Gasteiger partial charge in [-0.05, 0) is 12.5 Å². The van der Waals surface area contributed by atoms with Gasteiger partial charge in [0.15, 0.2) is 0 Å². The van der Waals surface area contributed by atoms with Gasteiger partial charge in [0.05, 0.1) is 17.7 Å². The number of rotatable bonds is 6. The third kappa shape index (κ3) is 5.20. The highest BCUT2D eigenvalue weighted by Crippen LogP contribution is 2.18. The topological polar surface area (TPSA) is 106 Å². The molecule has 0 radical (unpaired) electrons. The van der Waals surface area contributed by atoms with E-state index in [9.17, 15) is 14.4 Å². The zero-order valence-corrected chi connectivity index (χ0v) is 12.4. The van der Waals surface area contributed by atoms with Gasteiger partial charge in [0.2, 0.25) is 0 Å². The van der Waals surface area contributed by atoms with Gasteiger partial charge in [0.1, 0.15) is 11.2 Å². The molecule has 1 aromatic rings. The molecule has 0 aromatic carbocycles. The number of methoxy groups -OCH3 is 1. The number of esters is 1. The second kappa shape index (κ2) is 7.80. The molecule has 1 aromatic heterocycles. The Bertz CT molecular complexity index is 565. The van der Waals surface area contributed by atoms with Crippen LogP contribution in [0.2, 0.25) is 10.2 Å². The number of carboxylic acids is 1. The van der Waals surface area contributed by atoms with E-state index in [1.54, 1.807) is 0 Å². The Hall–Kier alpha value is -1.86. The van der Waals surface area contributed by atoms with Crippen LogP contribution in [0.4, 0.5) is 0 Å². The number of aliphatic carboxylic acids is 1. The fourth-order valence-electron chi connectivity index (χ4n) is 1.44. The average molecular weight is 335 g/mol. The Kier molecular flexibility index (Phi) is 6.39. The summed E-state index contributed by atoms with van der Waals surface area (Å²) in [5.41, 5.74) is 0.000912. The van der Waals surface area contributed by atoms with Crippen LogP contribution >= 0.6 is 23.2 Å². The SMILES string of the molecule is COC(=O)CCC(NC(=O)c1cc(Cl)ncc1Cl)C(=O)O. The number of nitrogens with one attached hydrogen (secondary N) is 1. The van der Waals surface area contributed by atoms with Crippen molar-refractivity contribution in [1.82, 2.24) is 10.3 Å². The Morgan fingerprint density at radius 1 is 1.43 bits per heavy atom. The summed E-state index contributed by atoms with van der Waals surface area (Å²) in [6.07, 6.45) is 0.936. The van der Waals surface area contributed by atoms with Crippen LogP contribution < -0.4 is 5.32 Å². The normalized spacial score (nSPS) is 11.6. The smallest absolute Gasteiger partial charge is 0.326 e. The lowest BCUT2D eigenvalue weighted by Crippen LogP contribution is -2.41. The van der Waals surface area contributed by atoms with Crippen LogP contribution in [0.1, 0.15) is 23.2 Å². The predicted octanol–water partition coefficient (Wildman–Crippen LogP) is 1.52. The number of carbonyl (C=O) groups excluding carboxylic acids is 2. The number of ether oxygens (including phenoxy) is 1. The molecule has 1 amide bonds. The molecule has 114 valence electrons. The molecule has 0 aliphatic heterocycles. The number of aromatic nitrogens is 1. The summed E-state index contributed by atoms with van der Waals surface area (Å²) in [7, 11) is 1.19. The Labute approximate surface area is 130 Å². The number of pyridine rings is 1. The molecule has 1 heterocycles. The molecule has 2 N–H and O–H groups in total. The largest absolute Gasteiger partial charge is 0.480 e. The fourth-order valence-corrected chi connectivity index (χ4v) is 1.79. The molecule has 1 rings (SSSR count). The molecule has 0 bridgehead atoms. The maximum atomic E-state index is 12.0. The number of carboxylic acid groups (broad SMARTS) is 1. The number of hydrogen-bond donors (Lipinski definition) is 2. The minimum Gasteiger partial charge on any atom is -0.480 e. The number of carbonyl (C=O) groups is 3. The minimum atomic E-state index is -1.27. The summed E-state index contributed by atoms with van der Waals surface area (Å²) < 4.78 is 4.41. The third-order valence-electron chi connectivity index (χ3n) is 2.53. The van der Waals surface area contributed by atoms with Crippen molar-refractivity contribution in [1.29, 1.82) is 0 Å². The monoisotopic (exact) mass is 334 g/mol. The Morgan fingerprint density at radius 3 is 2.67 bits per heavy atom. The Balaban J connectivity index is 2.79. The first kappa shape index (κ1) is 17.2. The average Bonchev–Trinajstić information content (AvgIpc) is 2.44. The molecular formula is C12H12Cl2N2O5. The molecule has 0 fully saturated rings. The molecule has 21 heavy (non-hydrogen) atoms. The van der Waals surface area contributed by atoms with Gasteiger partial charge in [-0.25, -0.2) is 9.78 Å². The van der Waals surface area contributed by atoms with Gasteiger partial charge in [-0.1, -0.05) is 23.2 Å². The van der Waals surface area contributed by atoms with Gasteiger partial charge in [0, 0.05) is 12.6 Å². The highest BCUT2D eigenvalue weighted by molar-refractivity contribution is 6.35. The maximum Gasteiger partial charge on any atom is 0.326 e. The lowest BCUT2D eigenvalue weighted by atomic mass is 10.1. The summed E-state index contributed by atoms with van der Waals surface area (Å²) in [4.78, 5) is 37.8. The van der Waals surface area contributed by atoms with E-state index >= 15 is 0 Å². The minimum absolute atomic E-state index is 0.000912. The van der Waals surface area contributed by atoms with E-state index in [0.717, 1.165) is 0 Å². The first-order chi connectivity index (χ1) is 9.85. The lowest BCUT2D eigenvalue weighted by Gasteiger charge is -2.14. The van der Waals surface area contributed by atoms with Crippen LogP contribution in [0.15, 0.2) is 12.3 Å². The molecule has 1 atom stereocenters. The van der Waals surface area contributed by atoms with Crippen LogP contribution in [-0.4, -0.2) is 41.1 Å². The van der Waals surface area contributed by atoms with Crippen LogP contribution in [0.3, 0.4) is 0 Å². The lowest BCUT2D eigenvalue weighted by molar-refractivity contribution is -0.142. The van der Waals surface area contributed by atoms with Gasteiger partial charge in [-0.15, -0.1) is 0 Å². The predicted molar refractivity (Wildman–Crippen MR) is 74.4 cm³/mol. The van der Waals surface area contributed by atoms with Crippen molar-refractivity contribution in [3.05, 3.63) is 28.0 Å². The zero-order valence-electron chi connectivity index (χ0n) is 10.9. The van der Waals surface area contributed by atoms with E-state index in [-0.39, 0.29) is 28.6 Å². The summed E-state index contributed by atoms with van der Waals surface area (Å²) in [5.74, 6) is -2.56. The zero-order chi connectivity index (χ0) is 16.0. The van der Waals surface area contributed by atoms with Gasteiger partial charge < -0.3 is 15.2 Å². The second-order valence-corrected chi connectivity index (χ2v) is 4.76. The fraction of sp³-hybridized carbons (Fsp3) is 0.333. The second-order valence-electron chi connectivity index (χ2n) is 3.97. The summed E-state index contributed by atoms with van der Waals surface area (Å²) in [5, 5.41) is 11.4. The summed E-state index contributed by atoms with van der Waals surface area (Å²) in [6.45, 7) is 0. The van der Waals surface area contributed by atoms with Crippen LogP contribution in [0.5, 0.6) is 0 Å². The molecular weight excluding hydrogens is 323 g/mol. The summed E-state index contributed by atoms with van der Waals surface area (Å²) in [6, 6.07) is -0.0297. The number of nitrogens with zero attached hydrogens (tertiary/aromatic N) is 1. The first-order valence-corrected chi connectivity index (χ1v) is 6.52. The van der Waals surface area contributed by atoms with Gasteiger partial charge >= 0.3 is 11.9 Å². The van der Waals surface area contributed by atoms with Gasteiger partial charge in [0.25, 0.3) is 5.91 Å². The standard InChI is InChI=1S/C12H12Cl2N2O5/c1-21-10(17)3-2-8(12(19)20)16-11(18)6-4-9(14)15-5-7(6)13/h4-5,8H,2-3H2,1H3,(H,16,18)(H,19,20). The molecule has 0 saturated heterocycles. The summed E-state index contributed by atoms with van der Waals surface area (Å²) >= 11 is 11.5. The number of amides is 1. The van der Waals surface area contributed by atoms with Crippen LogP contribution in [0, 0.1) is 0 Å². The van der Waals surface area contributed by atoms with Crippen LogP contribution in [-0.2, 0) is 14.3 Å². The van der Waals surface area contributed by atoms with Crippen molar-refractivity contribution in [3.63, 3.8) is 0 Å². The highest BCUT2D eigenvalue weighted by Gasteiger charge is 2.23. The molecule has 0 saturated carbocycles. The van der Waals surface area contributed by atoms with E-state index in [2.05, 4.69) is 15.0 Å². The van der Waals surface area contributed by atoms with Crippen molar-refractivity contribution >= 4 is 41.0 Å². The van der Waals surface area contributed by atoms with Crippen molar-refractivity contribution in [2.75, 3.05) is 7.11 Å². The van der Waals surface area contributed by atoms with Gasteiger partial charge in [-0.3, -0.25) is 9.59 Å². The molecule has 0 aliphatic rings. The molecule has 9 heteroatoms. The van der Waals surface area contributed by atoms with Crippen LogP contribution in [0.25, 0.3) is 0 Å². The van der Waals surface area contributed by atoms with Crippen molar-refractivity contribution < 1.29 is 24.2 Å². The van der Waals surface area contributed by atoms with Gasteiger partial charge in [-0.2, -0.15) is 0 Å². The van der Waals surface area contributed by atoms with Crippen molar-refractivity contribution in [3.8, 4) is 0 Å². The van der Waals surface area contributed by atoms with Crippen molar-refractivity contribution in [2.24, 2.45) is 0 Å². The highest BCUT2D eigenvalue weighted by atomic mass is 35.5. The van der Waals surface area contributed by atoms with Crippen molar-refractivity contribution in [2.45, 2.75) is 18.9 Å². The van der Waals surface area contributed by atoms with E-state index in [1.165, 1.54) is 19.4 Å². The third-order valence-corrected chi connectivity index (χ3v) is 3.04. The number of hydrogen-bond acceptors (Lipinski definition) is 5. The molecule has 0 spiro atoms. The molecule has 0 aliphatic carbocycles. The number of halogens is 2. The van der Waals surface area contributed by atoms with E-state index in [4.69, 9.17) is 28.3 Å².